The molecule has 1 atom stereocenters. The van der Waals surface area contributed by atoms with Crippen LogP contribution in [0, 0.1) is 0 Å². The Kier molecular flexibility index (Phi) is 4.81. The highest BCUT2D eigenvalue weighted by Gasteiger charge is 2.30. The van der Waals surface area contributed by atoms with Crippen molar-refractivity contribution >= 4 is 11.6 Å². The average Bonchev–Trinajstić information content (AvgIpc) is 3.44. The fourth-order valence-corrected chi connectivity index (χ4v) is 5.00. The second-order valence-corrected chi connectivity index (χ2v) is 8.28. The van der Waals surface area contributed by atoms with E-state index in [-0.39, 0.29) is 5.91 Å². The van der Waals surface area contributed by atoms with Crippen LogP contribution >= 0.6 is 0 Å². The highest BCUT2D eigenvalue weighted by molar-refractivity contribution is 5.94. The summed E-state index contributed by atoms with van der Waals surface area (Å²) in [6.45, 7) is 4.47. The van der Waals surface area contributed by atoms with E-state index in [0.717, 1.165) is 64.1 Å². The number of hydrogen-bond acceptors (Lipinski definition) is 3. The Balaban J connectivity index is 1.20. The van der Waals surface area contributed by atoms with Crippen molar-refractivity contribution < 1.29 is 9.53 Å². The van der Waals surface area contributed by atoms with Gasteiger partial charge in [-0.25, -0.2) is 0 Å². The number of hydrogen-bond donors (Lipinski definition) is 0. The number of fused-ring (bicyclic) bond motifs is 1. The largest absolute Gasteiger partial charge is 0.381 e. The lowest BCUT2D eigenvalue weighted by molar-refractivity contribution is 0.0712. The van der Waals surface area contributed by atoms with Gasteiger partial charge in [-0.2, -0.15) is 0 Å². The Hall–Kier alpha value is -2.33. The maximum Gasteiger partial charge on any atom is 0.253 e. The molecule has 28 heavy (non-hydrogen) atoms. The third kappa shape index (κ3) is 3.30. The quantitative estimate of drug-likeness (QED) is 0.816. The predicted octanol–water partition coefficient (Wildman–Crippen LogP) is 3.86. The van der Waals surface area contributed by atoms with Crippen molar-refractivity contribution in [1.82, 2.24) is 4.90 Å². The number of piperidine rings is 1. The summed E-state index contributed by atoms with van der Waals surface area (Å²) in [6.07, 6.45) is 4.34. The number of para-hydroxylation sites is 1. The van der Waals surface area contributed by atoms with E-state index in [1.807, 2.05) is 17.0 Å². The van der Waals surface area contributed by atoms with E-state index in [9.17, 15) is 4.79 Å². The van der Waals surface area contributed by atoms with Crippen LogP contribution in [-0.4, -0.2) is 49.7 Å². The first-order valence-electron chi connectivity index (χ1n) is 10.6. The molecule has 146 valence electrons. The minimum Gasteiger partial charge on any atom is -0.381 e. The summed E-state index contributed by atoms with van der Waals surface area (Å²) >= 11 is 0. The third-order valence-corrected chi connectivity index (χ3v) is 6.67. The van der Waals surface area contributed by atoms with Crippen LogP contribution in [0.2, 0.25) is 0 Å². The third-order valence-electron chi connectivity index (χ3n) is 6.67. The molecule has 0 aromatic heterocycles. The number of likely N-dealkylation sites (tertiary alicyclic amines) is 1. The van der Waals surface area contributed by atoms with E-state index in [1.54, 1.807) is 0 Å². The van der Waals surface area contributed by atoms with Gasteiger partial charge in [0.2, 0.25) is 0 Å². The molecule has 0 N–H and O–H groups in total. The second kappa shape index (κ2) is 7.59. The van der Waals surface area contributed by atoms with Gasteiger partial charge >= 0.3 is 0 Å². The summed E-state index contributed by atoms with van der Waals surface area (Å²) in [6, 6.07) is 17.5. The topological polar surface area (TPSA) is 32.8 Å². The zero-order chi connectivity index (χ0) is 18.9. The smallest absolute Gasteiger partial charge is 0.253 e. The molecule has 0 radical (unpaired) electrons. The molecule has 4 nitrogen and oxygen atoms in total. The summed E-state index contributed by atoms with van der Waals surface area (Å²) in [7, 11) is 0. The lowest BCUT2D eigenvalue weighted by Gasteiger charge is -2.38. The van der Waals surface area contributed by atoms with Gasteiger partial charge in [0, 0.05) is 49.5 Å². The number of carbonyl (C=O) groups excluding carboxylic acids is 1. The maximum absolute atomic E-state index is 12.9. The standard InChI is InChI=1S/C24H28N2O2/c27-24(20-7-5-18(6-8-20)21-12-16-28-17-21)25-13-10-22(11-14-25)26-15-9-19-3-1-2-4-23(19)26/h1-8,21-22H,9-17H2. The van der Waals surface area contributed by atoms with Crippen LogP contribution in [-0.2, 0) is 11.2 Å². The van der Waals surface area contributed by atoms with Gasteiger partial charge in [-0.3, -0.25) is 4.79 Å². The number of nitrogens with zero attached hydrogens (tertiary/aromatic N) is 2. The fraction of sp³-hybridized carbons (Fsp3) is 0.458. The normalized spacial score (nSPS) is 22.5. The number of ether oxygens (including phenoxy) is 1. The molecule has 2 fully saturated rings. The SMILES string of the molecule is O=C(c1ccc(C2CCOC2)cc1)N1CCC(N2CCc3ccccc32)CC1. The Morgan fingerprint density at radius 3 is 2.46 bits per heavy atom. The van der Waals surface area contributed by atoms with Gasteiger partial charge in [0.05, 0.1) is 6.61 Å². The zero-order valence-electron chi connectivity index (χ0n) is 16.3. The Morgan fingerprint density at radius 2 is 1.71 bits per heavy atom. The monoisotopic (exact) mass is 376 g/mol. The molecular weight excluding hydrogens is 348 g/mol. The van der Waals surface area contributed by atoms with Gasteiger partial charge in [-0.1, -0.05) is 30.3 Å². The van der Waals surface area contributed by atoms with Crippen LogP contribution in [0.25, 0.3) is 0 Å². The van der Waals surface area contributed by atoms with Gasteiger partial charge in [0.1, 0.15) is 0 Å². The van der Waals surface area contributed by atoms with E-state index in [4.69, 9.17) is 4.74 Å². The van der Waals surface area contributed by atoms with Gasteiger partial charge in [0.15, 0.2) is 0 Å². The van der Waals surface area contributed by atoms with Crippen molar-refractivity contribution in [2.45, 2.75) is 37.6 Å². The zero-order valence-corrected chi connectivity index (χ0v) is 16.3. The van der Waals surface area contributed by atoms with Crippen molar-refractivity contribution in [2.75, 3.05) is 37.7 Å². The van der Waals surface area contributed by atoms with Crippen molar-refractivity contribution in [3.05, 3.63) is 65.2 Å². The van der Waals surface area contributed by atoms with Crippen LogP contribution in [0.5, 0.6) is 0 Å². The molecule has 1 unspecified atom stereocenters. The van der Waals surface area contributed by atoms with E-state index in [0.29, 0.717) is 12.0 Å². The lowest BCUT2D eigenvalue weighted by Crippen LogP contribution is -2.46. The molecular formula is C24H28N2O2. The van der Waals surface area contributed by atoms with Crippen LogP contribution in [0.1, 0.15) is 46.7 Å². The van der Waals surface area contributed by atoms with E-state index >= 15 is 0 Å². The first-order valence-corrected chi connectivity index (χ1v) is 10.6. The lowest BCUT2D eigenvalue weighted by atomic mass is 9.97. The summed E-state index contributed by atoms with van der Waals surface area (Å²) in [5.41, 5.74) is 4.97. The minimum atomic E-state index is 0.175. The number of anilines is 1. The Labute approximate surface area is 167 Å². The molecule has 3 aliphatic rings. The molecule has 5 rings (SSSR count). The molecule has 0 aliphatic carbocycles. The van der Waals surface area contributed by atoms with E-state index in [2.05, 4.69) is 41.3 Å². The second-order valence-electron chi connectivity index (χ2n) is 8.28. The Bertz CT molecular complexity index is 834. The molecule has 2 aromatic rings. The Morgan fingerprint density at radius 1 is 0.929 bits per heavy atom. The summed E-state index contributed by atoms with van der Waals surface area (Å²) in [5, 5.41) is 0. The number of benzene rings is 2. The first-order chi connectivity index (χ1) is 13.8. The molecule has 0 bridgehead atoms. The van der Waals surface area contributed by atoms with Gasteiger partial charge < -0.3 is 14.5 Å². The van der Waals surface area contributed by atoms with Crippen molar-refractivity contribution in [3.8, 4) is 0 Å². The fourth-order valence-electron chi connectivity index (χ4n) is 5.00. The van der Waals surface area contributed by atoms with E-state index in [1.165, 1.54) is 16.8 Å². The van der Waals surface area contributed by atoms with Gasteiger partial charge in [-0.15, -0.1) is 0 Å². The molecule has 1 amide bonds. The molecule has 2 aromatic carbocycles. The molecule has 3 heterocycles. The van der Waals surface area contributed by atoms with Gasteiger partial charge in [0.25, 0.3) is 5.91 Å². The highest BCUT2D eigenvalue weighted by atomic mass is 16.5. The summed E-state index contributed by atoms with van der Waals surface area (Å²) in [4.78, 5) is 17.5. The van der Waals surface area contributed by atoms with E-state index < -0.39 is 0 Å². The summed E-state index contributed by atoms with van der Waals surface area (Å²) in [5.74, 6) is 0.665. The van der Waals surface area contributed by atoms with Crippen molar-refractivity contribution in [1.29, 1.82) is 0 Å². The number of carbonyl (C=O) groups is 1. The number of rotatable bonds is 3. The minimum absolute atomic E-state index is 0.175. The first kappa shape index (κ1) is 17.7. The number of amides is 1. The maximum atomic E-state index is 12.9. The summed E-state index contributed by atoms with van der Waals surface area (Å²) < 4.78 is 5.48. The molecule has 0 spiro atoms. The highest BCUT2D eigenvalue weighted by Crippen LogP contribution is 2.32. The molecule has 0 saturated carbocycles. The molecule has 4 heteroatoms. The molecule has 2 saturated heterocycles. The molecule has 3 aliphatic heterocycles. The van der Waals surface area contributed by atoms with Gasteiger partial charge in [-0.05, 0) is 55.0 Å². The van der Waals surface area contributed by atoms with Crippen LogP contribution < -0.4 is 4.90 Å². The van der Waals surface area contributed by atoms with Crippen molar-refractivity contribution in [3.63, 3.8) is 0 Å². The predicted molar refractivity (Wildman–Crippen MR) is 111 cm³/mol. The van der Waals surface area contributed by atoms with Crippen LogP contribution in [0.4, 0.5) is 5.69 Å². The van der Waals surface area contributed by atoms with Crippen LogP contribution in [0.3, 0.4) is 0 Å². The van der Waals surface area contributed by atoms with Crippen LogP contribution in [0.15, 0.2) is 48.5 Å². The average molecular weight is 377 g/mol. The van der Waals surface area contributed by atoms with Crippen molar-refractivity contribution in [2.24, 2.45) is 0 Å².